The minimum atomic E-state index is -3.82. The van der Waals surface area contributed by atoms with E-state index in [1.54, 1.807) is 18.2 Å². The summed E-state index contributed by atoms with van der Waals surface area (Å²) in [5, 5.41) is 5.25. The number of anilines is 1. The normalized spacial score (nSPS) is 12.5. The third-order valence-electron chi connectivity index (χ3n) is 4.47. The number of sulfonamides is 1. The van der Waals surface area contributed by atoms with Crippen LogP contribution in [0.25, 0.3) is 10.2 Å². The first-order valence-electron chi connectivity index (χ1n) is 9.31. The maximum atomic E-state index is 12.7. The Bertz CT molecular complexity index is 1230. The van der Waals surface area contributed by atoms with Crippen LogP contribution in [-0.2, 0) is 21.3 Å². The van der Waals surface area contributed by atoms with Crippen LogP contribution in [0.5, 0.6) is 0 Å². The topological polar surface area (TPSA) is 107 Å². The van der Waals surface area contributed by atoms with Gasteiger partial charge in [0.25, 0.3) is 5.91 Å². The van der Waals surface area contributed by atoms with Gasteiger partial charge >= 0.3 is 0 Å². The predicted molar refractivity (Wildman–Crippen MR) is 118 cm³/mol. The zero-order valence-electron chi connectivity index (χ0n) is 17.0. The van der Waals surface area contributed by atoms with Crippen molar-refractivity contribution in [2.24, 2.45) is 10.1 Å². The van der Waals surface area contributed by atoms with Crippen molar-refractivity contribution in [3.8, 4) is 0 Å². The van der Waals surface area contributed by atoms with E-state index < -0.39 is 10.0 Å². The van der Waals surface area contributed by atoms with Crippen molar-refractivity contribution in [3.63, 3.8) is 0 Å². The number of nitrogens with two attached hydrogens (primary N) is 1. The van der Waals surface area contributed by atoms with Gasteiger partial charge in [-0.3, -0.25) is 4.79 Å². The maximum Gasteiger partial charge on any atom is 0.279 e. The molecule has 0 bridgehead atoms. The molecule has 2 aromatic carbocycles. The third kappa shape index (κ3) is 4.96. The standard InChI is InChI=1S/C20H24N4O4S2/c1-4-28-12-11-24-17-10-9-16(30(21,26)27)13-18(17)29-20(24)22-19(25)14-5-7-15(8-6-14)23(2)3/h5-10,13H,4,11-12H2,1-3H3,(H2,21,26,27). The van der Waals surface area contributed by atoms with Crippen LogP contribution in [0.2, 0.25) is 0 Å². The van der Waals surface area contributed by atoms with Gasteiger partial charge in [-0.15, -0.1) is 0 Å². The number of amides is 1. The number of thiazole rings is 1. The summed E-state index contributed by atoms with van der Waals surface area (Å²) in [6.07, 6.45) is 0. The molecule has 3 aromatic rings. The van der Waals surface area contributed by atoms with Gasteiger partial charge in [-0.25, -0.2) is 13.6 Å². The Hall–Kier alpha value is -2.53. The van der Waals surface area contributed by atoms with E-state index in [0.29, 0.717) is 34.8 Å². The lowest BCUT2D eigenvalue weighted by Crippen LogP contribution is -2.20. The molecule has 3 rings (SSSR count). The van der Waals surface area contributed by atoms with Crippen molar-refractivity contribution in [1.29, 1.82) is 0 Å². The lowest BCUT2D eigenvalue weighted by atomic mass is 10.2. The molecule has 0 aliphatic carbocycles. The van der Waals surface area contributed by atoms with Gasteiger partial charge in [0.15, 0.2) is 4.80 Å². The molecule has 160 valence electrons. The molecule has 0 unspecified atom stereocenters. The van der Waals surface area contributed by atoms with E-state index in [0.717, 1.165) is 11.2 Å². The van der Waals surface area contributed by atoms with Gasteiger partial charge < -0.3 is 14.2 Å². The molecule has 2 N–H and O–H groups in total. The van der Waals surface area contributed by atoms with Gasteiger partial charge in [-0.05, 0) is 49.4 Å². The number of benzene rings is 2. The lowest BCUT2D eigenvalue weighted by Gasteiger charge is -2.11. The molecule has 8 nitrogen and oxygen atoms in total. The highest BCUT2D eigenvalue weighted by Crippen LogP contribution is 2.21. The van der Waals surface area contributed by atoms with Gasteiger partial charge in [0.05, 0.1) is 21.7 Å². The van der Waals surface area contributed by atoms with Gasteiger partial charge in [-0.1, -0.05) is 11.3 Å². The van der Waals surface area contributed by atoms with E-state index in [1.807, 2.05) is 42.6 Å². The van der Waals surface area contributed by atoms with Crippen molar-refractivity contribution < 1.29 is 17.9 Å². The van der Waals surface area contributed by atoms with Crippen LogP contribution in [0.3, 0.4) is 0 Å². The lowest BCUT2D eigenvalue weighted by molar-refractivity contribution is 0.0996. The Kier molecular flexibility index (Phi) is 6.71. The highest BCUT2D eigenvalue weighted by Gasteiger charge is 2.14. The van der Waals surface area contributed by atoms with Crippen molar-refractivity contribution in [1.82, 2.24) is 4.57 Å². The molecule has 0 radical (unpaired) electrons. The van der Waals surface area contributed by atoms with E-state index >= 15 is 0 Å². The van der Waals surface area contributed by atoms with Gasteiger partial charge in [0.2, 0.25) is 10.0 Å². The van der Waals surface area contributed by atoms with Crippen LogP contribution in [-0.4, -0.2) is 46.2 Å². The van der Waals surface area contributed by atoms with E-state index in [-0.39, 0.29) is 10.8 Å². The molecule has 1 heterocycles. The Morgan fingerprint density at radius 3 is 2.50 bits per heavy atom. The molecule has 10 heteroatoms. The van der Waals surface area contributed by atoms with Crippen LogP contribution >= 0.6 is 11.3 Å². The summed E-state index contributed by atoms with van der Waals surface area (Å²) in [7, 11) is 0.0274. The summed E-state index contributed by atoms with van der Waals surface area (Å²) < 4.78 is 31.4. The highest BCUT2D eigenvalue weighted by atomic mass is 32.2. The second-order valence-electron chi connectivity index (χ2n) is 6.77. The zero-order valence-corrected chi connectivity index (χ0v) is 18.7. The van der Waals surface area contributed by atoms with Crippen LogP contribution in [0.4, 0.5) is 5.69 Å². The summed E-state index contributed by atoms with van der Waals surface area (Å²) in [5.74, 6) is -0.372. The van der Waals surface area contributed by atoms with Crippen LogP contribution in [0, 0.1) is 0 Å². The van der Waals surface area contributed by atoms with E-state index in [2.05, 4.69) is 4.99 Å². The first kappa shape index (κ1) is 22.2. The first-order valence-corrected chi connectivity index (χ1v) is 11.7. The molecule has 0 atom stereocenters. The predicted octanol–water partition coefficient (Wildman–Crippen LogP) is 2.19. The number of carbonyl (C=O) groups is 1. The molecular weight excluding hydrogens is 424 g/mol. The van der Waals surface area contributed by atoms with Crippen LogP contribution in [0.15, 0.2) is 52.4 Å². The molecule has 0 saturated heterocycles. The number of hydrogen-bond acceptors (Lipinski definition) is 6. The van der Waals surface area contributed by atoms with Crippen molar-refractivity contribution in [2.45, 2.75) is 18.4 Å². The SMILES string of the molecule is CCOCCn1c(=NC(=O)c2ccc(N(C)C)cc2)sc2cc(S(N)(=O)=O)ccc21. The maximum absolute atomic E-state index is 12.7. The number of rotatable bonds is 7. The summed E-state index contributed by atoms with van der Waals surface area (Å²) in [4.78, 5) is 19.5. The fourth-order valence-electron chi connectivity index (χ4n) is 2.89. The smallest absolute Gasteiger partial charge is 0.279 e. The number of ether oxygens (including phenoxy) is 1. The Labute approximate surface area is 179 Å². The van der Waals surface area contributed by atoms with E-state index in [1.165, 1.54) is 23.5 Å². The Morgan fingerprint density at radius 2 is 1.90 bits per heavy atom. The Balaban J connectivity index is 2.07. The molecule has 1 amide bonds. The fourth-order valence-corrected chi connectivity index (χ4v) is 4.59. The average Bonchev–Trinajstić information content (AvgIpc) is 3.04. The summed E-state index contributed by atoms with van der Waals surface area (Å²) in [5.41, 5.74) is 2.22. The quantitative estimate of drug-likeness (QED) is 0.558. The van der Waals surface area contributed by atoms with Crippen molar-refractivity contribution >= 4 is 43.2 Å². The van der Waals surface area contributed by atoms with E-state index in [4.69, 9.17) is 9.88 Å². The van der Waals surface area contributed by atoms with Crippen LogP contribution < -0.4 is 14.8 Å². The summed E-state index contributed by atoms with van der Waals surface area (Å²) in [6, 6.07) is 11.8. The number of hydrogen-bond donors (Lipinski definition) is 1. The minimum Gasteiger partial charge on any atom is -0.380 e. The number of aromatic nitrogens is 1. The number of carbonyl (C=O) groups excluding carboxylic acids is 1. The Morgan fingerprint density at radius 1 is 1.20 bits per heavy atom. The van der Waals surface area contributed by atoms with E-state index in [9.17, 15) is 13.2 Å². The second-order valence-corrected chi connectivity index (χ2v) is 9.34. The molecule has 30 heavy (non-hydrogen) atoms. The number of primary sulfonamides is 1. The fraction of sp³-hybridized carbons (Fsp3) is 0.300. The van der Waals surface area contributed by atoms with Gasteiger partial charge in [0.1, 0.15) is 0 Å². The largest absolute Gasteiger partial charge is 0.380 e. The molecule has 0 aliphatic rings. The van der Waals surface area contributed by atoms with Crippen molar-refractivity contribution in [3.05, 3.63) is 52.8 Å². The summed E-state index contributed by atoms with van der Waals surface area (Å²) in [6.45, 7) is 3.40. The number of fused-ring (bicyclic) bond motifs is 1. The number of nitrogens with zero attached hydrogens (tertiary/aromatic N) is 3. The molecule has 0 saturated carbocycles. The average molecular weight is 449 g/mol. The van der Waals surface area contributed by atoms with Crippen molar-refractivity contribution in [2.75, 3.05) is 32.2 Å². The molecular formula is C20H24N4O4S2. The van der Waals surface area contributed by atoms with Gasteiger partial charge in [-0.2, -0.15) is 4.99 Å². The molecule has 0 spiro atoms. The molecule has 1 aromatic heterocycles. The zero-order chi connectivity index (χ0) is 21.9. The minimum absolute atomic E-state index is 0.0189. The molecule has 0 fully saturated rings. The monoisotopic (exact) mass is 448 g/mol. The molecule has 0 aliphatic heterocycles. The third-order valence-corrected chi connectivity index (χ3v) is 6.43. The van der Waals surface area contributed by atoms with Crippen LogP contribution in [0.1, 0.15) is 17.3 Å². The second kappa shape index (κ2) is 9.09. The highest BCUT2D eigenvalue weighted by molar-refractivity contribution is 7.89. The van der Waals surface area contributed by atoms with Gasteiger partial charge in [0, 0.05) is 38.5 Å². The first-order chi connectivity index (χ1) is 14.2. The summed E-state index contributed by atoms with van der Waals surface area (Å²) >= 11 is 1.23.